The number of benzene rings is 1. The molecule has 3 aliphatic rings. The molecule has 1 heterocycles. The lowest BCUT2D eigenvalue weighted by Gasteiger charge is -2.26. The van der Waals surface area contributed by atoms with E-state index in [0.717, 1.165) is 12.3 Å². The second kappa shape index (κ2) is 8.55. The Labute approximate surface area is 176 Å². The summed E-state index contributed by atoms with van der Waals surface area (Å²) in [5.74, 6) is 1.02. The first-order valence-corrected chi connectivity index (χ1v) is 11.8. The molecule has 4 rings (SSSR count). The molecule has 1 aliphatic heterocycles. The Bertz CT molecular complexity index is 886. The number of fused-ring (bicyclic) bond motifs is 2. The van der Waals surface area contributed by atoms with Gasteiger partial charge in [-0.2, -0.15) is 4.31 Å². The molecular weight excluding hydrogens is 412 g/mol. The van der Waals surface area contributed by atoms with Crippen molar-refractivity contribution in [2.45, 2.75) is 36.6 Å². The van der Waals surface area contributed by atoms with Crippen LogP contribution in [0.2, 0.25) is 0 Å². The first kappa shape index (κ1) is 20.5. The van der Waals surface area contributed by atoms with Crippen LogP contribution in [0.3, 0.4) is 0 Å². The number of nitrogens with zero attached hydrogens (tertiary/aromatic N) is 1. The van der Waals surface area contributed by atoms with Gasteiger partial charge in [0.1, 0.15) is 0 Å². The van der Waals surface area contributed by atoms with Crippen LogP contribution in [0.25, 0.3) is 0 Å². The lowest BCUT2D eigenvalue weighted by Crippen LogP contribution is -2.50. The van der Waals surface area contributed by atoms with Gasteiger partial charge in [0, 0.05) is 24.7 Å². The summed E-state index contributed by atoms with van der Waals surface area (Å²) >= 11 is 5.29. The molecule has 158 valence electrons. The van der Waals surface area contributed by atoms with Gasteiger partial charge in [-0.15, -0.1) is 0 Å². The Morgan fingerprint density at radius 1 is 1.14 bits per heavy atom. The van der Waals surface area contributed by atoms with Crippen LogP contribution in [0.15, 0.2) is 29.2 Å². The van der Waals surface area contributed by atoms with Crippen molar-refractivity contribution >= 4 is 33.3 Å². The number of hydrogen-bond donors (Lipinski definition) is 3. The molecule has 1 saturated heterocycles. The summed E-state index contributed by atoms with van der Waals surface area (Å²) < 4.78 is 32.1. The van der Waals surface area contributed by atoms with E-state index < -0.39 is 15.9 Å². The van der Waals surface area contributed by atoms with Gasteiger partial charge in [-0.25, -0.2) is 8.42 Å². The first-order chi connectivity index (χ1) is 13.9. The molecule has 8 nitrogen and oxygen atoms in total. The second-order valence-corrected chi connectivity index (χ2v) is 10.2. The van der Waals surface area contributed by atoms with E-state index in [4.69, 9.17) is 17.0 Å². The summed E-state index contributed by atoms with van der Waals surface area (Å²) in [6, 6.07) is 6.38. The third-order valence-electron chi connectivity index (χ3n) is 6.05. The Balaban J connectivity index is 1.34. The number of carbonyl (C=O) groups excluding carboxylic acids is 1. The maximum atomic E-state index is 12.8. The van der Waals surface area contributed by atoms with Crippen LogP contribution < -0.4 is 16.2 Å². The van der Waals surface area contributed by atoms with Gasteiger partial charge in [-0.3, -0.25) is 15.6 Å². The lowest BCUT2D eigenvalue weighted by atomic mass is 9.96. The van der Waals surface area contributed by atoms with Crippen molar-refractivity contribution in [2.75, 3.05) is 26.3 Å². The number of rotatable bonds is 4. The number of thiocarbonyl (C=S) groups is 1. The van der Waals surface area contributed by atoms with Gasteiger partial charge in [-0.05, 0) is 61.5 Å². The van der Waals surface area contributed by atoms with Crippen LogP contribution in [-0.2, 0) is 14.8 Å². The fraction of sp³-hybridized carbons (Fsp3) is 0.579. The minimum absolute atomic E-state index is 0.0923. The molecule has 0 aromatic heterocycles. The van der Waals surface area contributed by atoms with Crippen molar-refractivity contribution in [1.29, 1.82) is 0 Å². The van der Waals surface area contributed by atoms with Crippen LogP contribution in [0.5, 0.6) is 0 Å². The Hall–Kier alpha value is -1.75. The number of ether oxygens (including phenoxy) is 1. The van der Waals surface area contributed by atoms with Crippen molar-refractivity contribution in [3.63, 3.8) is 0 Å². The highest BCUT2D eigenvalue weighted by Gasteiger charge is 2.39. The normalized spacial score (nSPS) is 26.8. The van der Waals surface area contributed by atoms with Gasteiger partial charge in [0.2, 0.25) is 10.0 Å². The number of sulfonamides is 1. The summed E-state index contributed by atoms with van der Waals surface area (Å²) in [5.41, 5.74) is 5.53. The minimum Gasteiger partial charge on any atom is -0.379 e. The predicted molar refractivity (Wildman–Crippen MR) is 112 cm³/mol. The fourth-order valence-electron chi connectivity index (χ4n) is 4.55. The third-order valence-corrected chi connectivity index (χ3v) is 8.16. The van der Waals surface area contributed by atoms with E-state index in [1.807, 2.05) is 0 Å². The van der Waals surface area contributed by atoms with Gasteiger partial charge in [0.25, 0.3) is 5.91 Å². The van der Waals surface area contributed by atoms with Gasteiger partial charge in [0.05, 0.1) is 18.1 Å². The van der Waals surface area contributed by atoms with Gasteiger partial charge >= 0.3 is 0 Å². The zero-order valence-electron chi connectivity index (χ0n) is 16.1. The Morgan fingerprint density at radius 2 is 1.93 bits per heavy atom. The molecule has 29 heavy (non-hydrogen) atoms. The molecule has 3 N–H and O–H groups in total. The number of carbonyl (C=O) groups is 1. The molecule has 0 radical (unpaired) electrons. The number of amides is 1. The smallest absolute Gasteiger partial charge is 0.269 e. The van der Waals surface area contributed by atoms with E-state index >= 15 is 0 Å². The quantitative estimate of drug-likeness (QED) is 0.476. The molecule has 1 aromatic carbocycles. The molecule has 0 unspecified atom stereocenters. The van der Waals surface area contributed by atoms with E-state index in [-0.39, 0.29) is 10.5 Å². The molecule has 2 bridgehead atoms. The van der Waals surface area contributed by atoms with Crippen molar-refractivity contribution in [3.8, 4) is 0 Å². The van der Waals surface area contributed by atoms with Gasteiger partial charge in [-0.1, -0.05) is 12.5 Å². The average Bonchev–Trinajstić information content (AvgIpc) is 3.36. The Morgan fingerprint density at radius 3 is 2.62 bits per heavy atom. The van der Waals surface area contributed by atoms with Gasteiger partial charge < -0.3 is 10.1 Å². The molecule has 0 spiro atoms. The summed E-state index contributed by atoms with van der Waals surface area (Å²) in [6.07, 6.45) is 4.93. The van der Waals surface area contributed by atoms with Crippen LogP contribution in [-0.4, -0.2) is 56.1 Å². The van der Waals surface area contributed by atoms with Crippen molar-refractivity contribution in [3.05, 3.63) is 29.8 Å². The molecule has 3 fully saturated rings. The van der Waals surface area contributed by atoms with Gasteiger partial charge in [0.15, 0.2) is 5.11 Å². The third kappa shape index (κ3) is 4.55. The zero-order chi connectivity index (χ0) is 20.4. The Kier molecular flexibility index (Phi) is 6.05. The number of hydrogen-bond acceptors (Lipinski definition) is 5. The van der Waals surface area contributed by atoms with Crippen molar-refractivity contribution < 1.29 is 17.9 Å². The van der Waals surface area contributed by atoms with Crippen LogP contribution in [0.1, 0.15) is 36.0 Å². The molecule has 2 aliphatic carbocycles. The summed E-state index contributed by atoms with van der Waals surface area (Å²) in [5, 5.41) is 3.67. The highest BCUT2D eigenvalue weighted by Crippen LogP contribution is 2.44. The van der Waals surface area contributed by atoms with Crippen molar-refractivity contribution in [1.82, 2.24) is 20.5 Å². The van der Waals surface area contributed by atoms with E-state index in [9.17, 15) is 13.2 Å². The predicted octanol–water partition coefficient (Wildman–Crippen LogP) is 1.00. The number of morpholine rings is 1. The summed E-state index contributed by atoms with van der Waals surface area (Å²) in [4.78, 5) is 12.6. The lowest BCUT2D eigenvalue weighted by molar-refractivity contribution is 0.0730. The topological polar surface area (TPSA) is 99.8 Å². The van der Waals surface area contributed by atoms with Crippen LogP contribution in [0, 0.1) is 11.8 Å². The highest BCUT2D eigenvalue weighted by atomic mass is 32.2. The molecule has 1 aromatic rings. The number of hydrazine groups is 1. The maximum Gasteiger partial charge on any atom is 0.269 e. The number of nitrogens with one attached hydrogen (secondary N) is 3. The largest absolute Gasteiger partial charge is 0.379 e. The molecule has 10 heteroatoms. The average molecular weight is 439 g/mol. The van der Waals surface area contributed by atoms with E-state index in [1.54, 1.807) is 12.1 Å². The second-order valence-electron chi connectivity index (χ2n) is 7.88. The van der Waals surface area contributed by atoms with Crippen LogP contribution >= 0.6 is 12.2 Å². The summed E-state index contributed by atoms with van der Waals surface area (Å²) in [6.45, 7) is 1.36. The molecule has 1 amide bonds. The molecule has 3 atom stereocenters. The first-order valence-electron chi connectivity index (χ1n) is 9.98. The molecular formula is C19H26N4O4S2. The molecule has 2 saturated carbocycles. The standard InChI is InChI=1S/C19H26N4O4S2/c24-18(21-22-19(28)20-17-11-13-4-5-14(17)10-13)15-2-1-3-16(12-15)29(25,26)23-6-8-27-9-7-23/h1-3,12-14,17H,4-11H2,(H,21,24)(H2,20,22,28)/t13-,14+,17-/m0/s1. The van der Waals surface area contributed by atoms with Crippen LogP contribution in [0.4, 0.5) is 0 Å². The fourth-order valence-corrected chi connectivity index (χ4v) is 6.20. The van der Waals surface area contributed by atoms with Crippen molar-refractivity contribution in [2.24, 2.45) is 11.8 Å². The highest BCUT2D eigenvalue weighted by molar-refractivity contribution is 7.89. The zero-order valence-corrected chi connectivity index (χ0v) is 17.7. The van der Waals surface area contributed by atoms with E-state index in [2.05, 4.69) is 16.2 Å². The monoisotopic (exact) mass is 438 g/mol. The van der Waals surface area contributed by atoms with E-state index in [1.165, 1.54) is 35.7 Å². The maximum absolute atomic E-state index is 12.8. The summed E-state index contributed by atoms with van der Waals surface area (Å²) in [7, 11) is -3.66. The SMILES string of the molecule is O=C(NNC(=S)N[C@H]1C[C@H]2CC[C@@H]1C2)c1cccc(S(=O)(=O)N2CCOCC2)c1. The minimum atomic E-state index is -3.66. The van der Waals surface area contributed by atoms with E-state index in [0.29, 0.717) is 43.4 Å².